The van der Waals surface area contributed by atoms with Crippen molar-refractivity contribution in [2.24, 2.45) is 5.92 Å². The van der Waals surface area contributed by atoms with Crippen LogP contribution in [-0.4, -0.2) is 82.3 Å². The molecular weight excluding hydrogens is 856 g/mol. The molecule has 11 nitrogen and oxygen atoms in total. The highest BCUT2D eigenvalue weighted by atomic mass is 35.5. The highest BCUT2D eigenvalue weighted by Crippen LogP contribution is 2.63. The maximum absolute atomic E-state index is 16.3. The third kappa shape index (κ3) is 7.97. The summed E-state index contributed by atoms with van der Waals surface area (Å²) < 4.78 is 16.3. The lowest BCUT2D eigenvalue weighted by Gasteiger charge is -2.47. The van der Waals surface area contributed by atoms with Crippen LogP contribution in [0.5, 0.6) is 0 Å². The molecule has 1 unspecified atom stereocenters. The second kappa shape index (κ2) is 18.2. The number of likely N-dealkylation sites (tertiary alicyclic amines) is 1. The zero-order valence-electron chi connectivity index (χ0n) is 35.7. The molecule has 5 aliphatic heterocycles. The molecule has 1 saturated carbocycles. The summed E-state index contributed by atoms with van der Waals surface area (Å²) in [5.41, 5.74) is 1.60. The summed E-state index contributed by atoms with van der Waals surface area (Å²) in [4.78, 5) is 83.4. The Morgan fingerprint density at radius 3 is 2.47 bits per heavy atom. The summed E-state index contributed by atoms with van der Waals surface area (Å²) in [5, 5.41) is 9.60. The molecule has 3 N–H and O–H groups in total. The SMILES string of the molecule is O=C(CCCCC#Cc1cccc2c1CN(C1CCC(=O)NC1=O)C2=O)CN1CCC(CC(=O)[C@@H]2NC3(CCCCC3)[C@@]3(C(=O)Nc4cc(Cl)ccc43)[C@H]2c2cccc(Cl)c2F)CC1. The van der Waals surface area contributed by atoms with Crippen LogP contribution < -0.4 is 16.0 Å². The van der Waals surface area contributed by atoms with E-state index in [1.807, 2.05) is 12.1 Å². The normalized spacial score (nSPS) is 25.2. The molecule has 334 valence electrons. The first-order valence-corrected chi connectivity index (χ1v) is 23.5. The number of carbonyl (C=O) groups excluding carboxylic acids is 6. The van der Waals surface area contributed by atoms with Crippen molar-refractivity contribution in [2.45, 2.75) is 125 Å². The van der Waals surface area contributed by atoms with Crippen molar-refractivity contribution in [3.63, 3.8) is 0 Å². The van der Waals surface area contributed by atoms with E-state index in [2.05, 4.69) is 32.7 Å². The number of anilines is 1. The van der Waals surface area contributed by atoms with Gasteiger partial charge < -0.3 is 10.2 Å². The van der Waals surface area contributed by atoms with Crippen LogP contribution in [0.15, 0.2) is 54.6 Å². The van der Waals surface area contributed by atoms with Gasteiger partial charge in [-0.25, -0.2) is 4.39 Å². The highest BCUT2D eigenvalue weighted by molar-refractivity contribution is 6.31. The monoisotopic (exact) mass is 907 g/mol. The van der Waals surface area contributed by atoms with E-state index in [0.717, 1.165) is 55.2 Å². The number of benzene rings is 3. The lowest BCUT2D eigenvalue weighted by molar-refractivity contribution is -0.137. The zero-order valence-corrected chi connectivity index (χ0v) is 37.2. The third-order valence-electron chi connectivity index (χ3n) is 14.8. The van der Waals surface area contributed by atoms with Crippen molar-refractivity contribution in [2.75, 3.05) is 25.0 Å². The summed E-state index contributed by atoms with van der Waals surface area (Å²) in [5.74, 6) is 3.89. The Hall–Kier alpha value is -4.93. The zero-order chi connectivity index (χ0) is 44.8. The molecule has 0 radical (unpaired) electrons. The Kier molecular flexibility index (Phi) is 12.6. The quantitative estimate of drug-likeness (QED) is 0.103. The Balaban J connectivity index is 0.792. The first-order valence-electron chi connectivity index (χ1n) is 22.8. The van der Waals surface area contributed by atoms with Gasteiger partial charge in [-0.3, -0.25) is 44.3 Å². The van der Waals surface area contributed by atoms with E-state index in [9.17, 15) is 28.8 Å². The molecule has 0 bridgehead atoms. The molecule has 4 fully saturated rings. The summed E-state index contributed by atoms with van der Waals surface area (Å²) in [6, 6.07) is 14.1. The fourth-order valence-electron chi connectivity index (χ4n) is 11.8. The van der Waals surface area contributed by atoms with Gasteiger partial charge in [0, 0.05) is 65.5 Å². The van der Waals surface area contributed by atoms with Gasteiger partial charge in [-0.1, -0.05) is 78.6 Å². The average molecular weight is 909 g/mol. The molecule has 0 aromatic heterocycles. The number of hydrogen-bond donors (Lipinski definition) is 3. The fourth-order valence-corrected chi connectivity index (χ4v) is 12.1. The van der Waals surface area contributed by atoms with E-state index in [-0.39, 0.29) is 65.2 Å². The summed E-state index contributed by atoms with van der Waals surface area (Å²) in [6.45, 7) is 2.00. The second-order valence-electron chi connectivity index (χ2n) is 18.5. The van der Waals surface area contributed by atoms with Crippen LogP contribution in [0.1, 0.15) is 128 Å². The van der Waals surface area contributed by atoms with Gasteiger partial charge in [0.15, 0.2) is 5.78 Å². The maximum Gasteiger partial charge on any atom is 0.255 e. The molecule has 4 atom stereocenters. The van der Waals surface area contributed by atoms with E-state index in [4.69, 9.17) is 23.2 Å². The minimum Gasteiger partial charge on any atom is -0.325 e. The first-order chi connectivity index (χ1) is 30.9. The van der Waals surface area contributed by atoms with Crippen molar-refractivity contribution in [1.29, 1.82) is 0 Å². The number of rotatable bonds is 11. The molecule has 2 spiro atoms. The molecule has 6 aliphatic rings. The lowest BCUT2D eigenvalue weighted by atomic mass is 9.55. The first kappa shape index (κ1) is 44.3. The number of nitrogens with one attached hydrogen (secondary N) is 3. The van der Waals surface area contributed by atoms with Gasteiger partial charge in [0.05, 0.1) is 17.6 Å². The van der Waals surface area contributed by atoms with Crippen LogP contribution in [0, 0.1) is 23.6 Å². The number of carbonyl (C=O) groups is 6. The van der Waals surface area contributed by atoms with Gasteiger partial charge in [-0.2, -0.15) is 0 Å². The number of amides is 4. The third-order valence-corrected chi connectivity index (χ3v) is 15.3. The number of hydrogen-bond acceptors (Lipinski definition) is 8. The maximum atomic E-state index is 16.3. The summed E-state index contributed by atoms with van der Waals surface area (Å²) in [6.07, 6.45) is 8.84. The molecule has 9 rings (SSSR count). The molecule has 3 aromatic carbocycles. The lowest BCUT2D eigenvalue weighted by Crippen LogP contribution is -2.60. The number of imide groups is 1. The van der Waals surface area contributed by atoms with Gasteiger partial charge in [-0.05, 0) is 111 Å². The number of nitrogens with zero attached hydrogens (tertiary/aromatic N) is 2. The van der Waals surface area contributed by atoms with E-state index in [1.165, 1.54) is 11.0 Å². The number of ketones is 2. The summed E-state index contributed by atoms with van der Waals surface area (Å²) in [7, 11) is 0. The Morgan fingerprint density at radius 2 is 1.69 bits per heavy atom. The molecular formula is C50H52Cl2FN5O6. The number of unbranched alkanes of at least 4 members (excludes halogenated alkanes) is 2. The largest absolute Gasteiger partial charge is 0.325 e. The highest BCUT2D eigenvalue weighted by Gasteiger charge is 2.72. The number of halogens is 3. The molecule has 3 aromatic rings. The van der Waals surface area contributed by atoms with Crippen LogP contribution in [0.2, 0.25) is 10.0 Å². The van der Waals surface area contributed by atoms with Crippen LogP contribution in [0.3, 0.4) is 0 Å². The minimum absolute atomic E-state index is 0.0432. The standard InChI is InChI=1S/C50H52Cl2FN5O6/c51-32-16-17-37-39(27-32)54-48(64)50(37)43(35-14-9-15-38(52)44(35)53)45(56-49(50)22-6-3-7-23-49)41(60)26-30-20-24-57(25-21-30)28-33(59)12-5-2-1-4-10-31-11-8-13-34-36(31)29-58(47(34)63)40-18-19-42(61)55-46(40)62/h8-9,11,13-17,27,30,40,43,45,56H,1-3,5-7,12,18-26,28-29H2,(H,54,64)(H,55,61,62)/t40?,43-,45-,50+/m0/s1. The summed E-state index contributed by atoms with van der Waals surface area (Å²) >= 11 is 12.8. The Labute approximate surface area is 382 Å². The van der Waals surface area contributed by atoms with Crippen molar-refractivity contribution in [3.05, 3.63) is 98.3 Å². The molecule has 1 aliphatic carbocycles. The number of Topliss-reactive ketones (excluding diaryl/α,β-unsaturated/α-hetero) is 2. The number of fused-ring (bicyclic) bond motifs is 4. The predicted octanol–water partition coefficient (Wildman–Crippen LogP) is 7.39. The van der Waals surface area contributed by atoms with Crippen LogP contribution >= 0.6 is 23.2 Å². The van der Waals surface area contributed by atoms with Gasteiger partial charge in [-0.15, -0.1) is 0 Å². The van der Waals surface area contributed by atoms with Gasteiger partial charge >= 0.3 is 0 Å². The van der Waals surface area contributed by atoms with Crippen molar-refractivity contribution in [3.8, 4) is 11.8 Å². The molecule has 64 heavy (non-hydrogen) atoms. The van der Waals surface area contributed by atoms with Crippen LogP contribution in [0.4, 0.5) is 10.1 Å². The van der Waals surface area contributed by atoms with E-state index >= 15 is 4.39 Å². The minimum atomic E-state index is -1.26. The van der Waals surface area contributed by atoms with Gasteiger partial charge in [0.25, 0.3) is 5.91 Å². The molecule has 4 amide bonds. The van der Waals surface area contributed by atoms with Crippen molar-refractivity contribution < 1.29 is 33.2 Å². The van der Waals surface area contributed by atoms with E-state index in [0.29, 0.717) is 74.4 Å². The predicted molar refractivity (Wildman–Crippen MR) is 240 cm³/mol. The number of piperidine rings is 2. The second-order valence-corrected chi connectivity index (χ2v) is 19.4. The fraction of sp³-hybridized carbons (Fsp3) is 0.480. The van der Waals surface area contributed by atoms with Crippen LogP contribution in [-0.2, 0) is 35.9 Å². The van der Waals surface area contributed by atoms with Crippen molar-refractivity contribution >= 4 is 64.1 Å². The molecule has 14 heteroatoms. The van der Waals surface area contributed by atoms with Crippen LogP contribution in [0.25, 0.3) is 0 Å². The van der Waals surface area contributed by atoms with E-state index in [1.54, 1.807) is 36.4 Å². The van der Waals surface area contributed by atoms with Crippen molar-refractivity contribution in [1.82, 2.24) is 20.4 Å². The topological polar surface area (TPSA) is 145 Å². The Bertz CT molecular complexity index is 2490. The molecule has 5 heterocycles. The molecule has 3 saturated heterocycles. The van der Waals surface area contributed by atoms with Gasteiger partial charge in [0.1, 0.15) is 23.1 Å². The van der Waals surface area contributed by atoms with E-state index < -0.39 is 40.7 Å². The van der Waals surface area contributed by atoms with Gasteiger partial charge in [0.2, 0.25) is 17.7 Å². The average Bonchev–Trinajstić information content (AvgIpc) is 3.87. The Morgan fingerprint density at radius 1 is 0.906 bits per heavy atom. The smallest absolute Gasteiger partial charge is 0.255 e.